The Morgan fingerprint density at radius 2 is 1.94 bits per heavy atom. The summed E-state index contributed by atoms with van der Waals surface area (Å²) in [5, 5.41) is 13.1. The Bertz CT molecular complexity index is 306. The van der Waals surface area contributed by atoms with E-state index in [0.29, 0.717) is 13.2 Å². The van der Waals surface area contributed by atoms with E-state index < -0.39 is 5.60 Å². The Morgan fingerprint density at radius 1 is 1.31 bits per heavy atom. The number of hydrogen-bond donors (Lipinski definition) is 2. The second kappa shape index (κ2) is 5.87. The summed E-state index contributed by atoms with van der Waals surface area (Å²) in [4.78, 5) is 0. The number of aliphatic hydroxyl groups is 1. The molecule has 1 rings (SSSR count). The van der Waals surface area contributed by atoms with Gasteiger partial charge in [0, 0.05) is 6.54 Å². The van der Waals surface area contributed by atoms with Crippen molar-refractivity contribution in [2.24, 2.45) is 0 Å². The summed E-state index contributed by atoms with van der Waals surface area (Å²) in [5.74, 6) is 0.794. The van der Waals surface area contributed by atoms with Gasteiger partial charge in [-0.2, -0.15) is 0 Å². The topological polar surface area (TPSA) is 41.5 Å². The number of likely N-dealkylation sites (N-methyl/N-ethyl adjacent to an activating group) is 1. The van der Waals surface area contributed by atoms with Crippen LogP contribution < -0.4 is 10.1 Å². The summed E-state index contributed by atoms with van der Waals surface area (Å²) in [6.07, 6.45) is 0. The highest BCUT2D eigenvalue weighted by Gasteiger charge is 2.20. The summed E-state index contributed by atoms with van der Waals surface area (Å²) in [6.45, 7) is 7.49. The zero-order chi connectivity index (χ0) is 12.0. The molecule has 0 saturated carbocycles. The highest BCUT2D eigenvalue weighted by molar-refractivity contribution is 5.26. The molecule has 0 heterocycles. The minimum atomic E-state index is -0.832. The van der Waals surface area contributed by atoms with Gasteiger partial charge in [-0.25, -0.2) is 0 Å². The SMILES string of the molecule is CCNCC(C)(O)COc1ccc(C)cc1. The molecule has 0 aliphatic rings. The Balaban J connectivity index is 2.41. The molecule has 1 atom stereocenters. The van der Waals surface area contributed by atoms with Crippen LogP contribution in [0.1, 0.15) is 19.4 Å². The van der Waals surface area contributed by atoms with E-state index in [-0.39, 0.29) is 0 Å². The smallest absolute Gasteiger partial charge is 0.119 e. The van der Waals surface area contributed by atoms with E-state index in [9.17, 15) is 5.11 Å². The Morgan fingerprint density at radius 3 is 2.50 bits per heavy atom. The molecule has 3 heteroatoms. The van der Waals surface area contributed by atoms with E-state index in [1.165, 1.54) is 5.56 Å². The first-order chi connectivity index (χ1) is 7.53. The van der Waals surface area contributed by atoms with Gasteiger partial charge in [0.25, 0.3) is 0 Å². The molecule has 16 heavy (non-hydrogen) atoms. The largest absolute Gasteiger partial charge is 0.491 e. The van der Waals surface area contributed by atoms with Gasteiger partial charge in [0.1, 0.15) is 18.0 Å². The number of benzene rings is 1. The van der Waals surface area contributed by atoms with E-state index in [2.05, 4.69) is 5.32 Å². The van der Waals surface area contributed by atoms with E-state index in [1.807, 2.05) is 38.1 Å². The van der Waals surface area contributed by atoms with Crippen LogP contribution in [0.25, 0.3) is 0 Å². The first kappa shape index (κ1) is 13.0. The average Bonchev–Trinajstić information content (AvgIpc) is 2.26. The zero-order valence-electron chi connectivity index (χ0n) is 10.3. The maximum absolute atomic E-state index is 9.97. The van der Waals surface area contributed by atoms with Crippen LogP contribution in [0.15, 0.2) is 24.3 Å². The lowest BCUT2D eigenvalue weighted by Crippen LogP contribution is -2.42. The molecule has 1 aromatic carbocycles. The summed E-state index contributed by atoms with van der Waals surface area (Å²) in [6, 6.07) is 7.82. The maximum atomic E-state index is 9.97. The predicted molar refractivity (Wildman–Crippen MR) is 65.8 cm³/mol. The first-order valence-electron chi connectivity index (χ1n) is 5.66. The van der Waals surface area contributed by atoms with Gasteiger partial charge in [0.05, 0.1) is 0 Å². The summed E-state index contributed by atoms with van der Waals surface area (Å²) >= 11 is 0. The Kier molecular flexibility index (Phi) is 4.77. The molecule has 0 aromatic heterocycles. The fraction of sp³-hybridized carbons (Fsp3) is 0.538. The van der Waals surface area contributed by atoms with Gasteiger partial charge in [-0.3, -0.25) is 0 Å². The molecule has 1 aromatic rings. The van der Waals surface area contributed by atoms with Crippen LogP contribution in [0, 0.1) is 6.92 Å². The lowest BCUT2D eigenvalue weighted by molar-refractivity contribution is 0.0127. The number of nitrogens with one attached hydrogen (secondary N) is 1. The van der Waals surface area contributed by atoms with E-state index >= 15 is 0 Å². The molecule has 0 aliphatic carbocycles. The van der Waals surface area contributed by atoms with Crippen LogP contribution in [0.3, 0.4) is 0 Å². The van der Waals surface area contributed by atoms with E-state index in [0.717, 1.165) is 12.3 Å². The molecule has 1 unspecified atom stereocenters. The van der Waals surface area contributed by atoms with Crippen LogP contribution in [-0.2, 0) is 0 Å². The van der Waals surface area contributed by atoms with Crippen LogP contribution >= 0.6 is 0 Å². The van der Waals surface area contributed by atoms with Crippen LogP contribution in [0.5, 0.6) is 5.75 Å². The Labute approximate surface area is 97.4 Å². The third-order valence-electron chi connectivity index (χ3n) is 2.33. The van der Waals surface area contributed by atoms with Crippen molar-refractivity contribution in [2.45, 2.75) is 26.4 Å². The minimum absolute atomic E-state index is 0.295. The summed E-state index contributed by atoms with van der Waals surface area (Å²) < 4.78 is 5.53. The van der Waals surface area contributed by atoms with Crippen molar-refractivity contribution in [3.63, 3.8) is 0 Å². The van der Waals surface area contributed by atoms with Crippen molar-refractivity contribution >= 4 is 0 Å². The zero-order valence-corrected chi connectivity index (χ0v) is 10.3. The van der Waals surface area contributed by atoms with Gasteiger partial charge >= 0.3 is 0 Å². The van der Waals surface area contributed by atoms with Gasteiger partial charge in [-0.05, 0) is 32.5 Å². The molecule has 90 valence electrons. The maximum Gasteiger partial charge on any atom is 0.119 e. The minimum Gasteiger partial charge on any atom is -0.491 e. The van der Waals surface area contributed by atoms with Gasteiger partial charge in [-0.1, -0.05) is 24.6 Å². The highest BCUT2D eigenvalue weighted by atomic mass is 16.5. The number of rotatable bonds is 6. The Hall–Kier alpha value is -1.06. The molecule has 0 saturated heterocycles. The van der Waals surface area contributed by atoms with Crippen LogP contribution in [-0.4, -0.2) is 30.4 Å². The van der Waals surface area contributed by atoms with Crippen molar-refractivity contribution in [2.75, 3.05) is 19.7 Å². The predicted octanol–water partition coefficient (Wildman–Crippen LogP) is 1.73. The van der Waals surface area contributed by atoms with Crippen molar-refractivity contribution in [1.82, 2.24) is 5.32 Å². The molecule has 0 aliphatic heterocycles. The molecule has 0 fully saturated rings. The van der Waals surface area contributed by atoms with Crippen LogP contribution in [0.4, 0.5) is 0 Å². The number of aryl methyl sites for hydroxylation is 1. The lowest BCUT2D eigenvalue weighted by Gasteiger charge is -2.23. The average molecular weight is 223 g/mol. The number of hydrogen-bond acceptors (Lipinski definition) is 3. The molecule has 0 amide bonds. The second-order valence-corrected chi connectivity index (χ2v) is 4.38. The van der Waals surface area contributed by atoms with Gasteiger partial charge < -0.3 is 15.2 Å². The van der Waals surface area contributed by atoms with E-state index in [1.54, 1.807) is 6.92 Å². The standard InChI is InChI=1S/C13H21NO2/c1-4-14-9-13(3,15)10-16-12-7-5-11(2)6-8-12/h5-8,14-15H,4,9-10H2,1-3H3. The fourth-order valence-electron chi connectivity index (χ4n) is 1.32. The van der Waals surface area contributed by atoms with Gasteiger partial charge in [-0.15, -0.1) is 0 Å². The van der Waals surface area contributed by atoms with Crippen molar-refractivity contribution < 1.29 is 9.84 Å². The first-order valence-corrected chi connectivity index (χ1v) is 5.66. The number of ether oxygens (including phenoxy) is 1. The van der Waals surface area contributed by atoms with Gasteiger partial charge in [0.15, 0.2) is 0 Å². The molecule has 0 bridgehead atoms. The van der Waals surface area contributed by atoms with Crippen molar-refractivity contribution in [3.8, 4) is 5.75 Å². The van der Waals surface area contributed by atoms with Gasteiger partial charge in [0.2, 0.25) is 0 Å². The lowest BCUT2D eigenvalue weighted by atomic mass is 10.1. The molecular formula is C13H21NO2. The molecule has 3 nitrogen and oxygen atoms in total. The van der Waals surface area contributed by atoms with Crippen LogP contribution in [0.2, 0.25) is 0 Å². The van der Waals surface area contributed by atoms with Crippen molar-refractivity contribution in [3.05, 3.63) is 29.8 Å². The summed E-state index contributed by atoms with van der Waals surface area (Å²) in [7, 11) is 0. The molecule has 0 spiro atoms. The second-order valence-electron chi connectivity index (χ2n) is 4.38. The third kappa shape index (κ3) is 4.64. The van der Waals surface area contributed by atoms with E-state index in [4.69, 9.17) is 4.74 Å². The third-order valence-corrected chi connectivity index (χ3v) is 2.33. The normalized spacial score (nSPS) is 14.5. The fourth-order valence-corrected chi connectivity index (χ4v) is 1.32. The quantitative estimate of drug-likeness (QED) is 0.772. The molecule has 2 N–H and O–H groups in total. The molecular weight excluding hydrogens is 202 g/mol. The summed E-state index contributed by atoms with van der Waals surface area (Å²) in [5.41, 5.74) is 0.368. The highest BCUT2D eigenvalue weighted by Crippen LogP contribution is 2.13. The monoisotopic (exact) mass is 223 g/mol. The molecule has 0 radical (unpaired) electrons. The van der Waals surface area contributed by atoms with Crippen molar-refractivity contribution in [1.29, 1.82) is 0 Å².